The van der Waals surface area contributed by atoms with Gasteiger partial charge in [0.05, 0.1) is 24.6 Å². The fraction of sp³-hybridized carbons (Fsp3) is 0.167. The zero-order valence-electron chi connectivity index (χ0n) is 15.4. The van der Waals surface area contributed by atoms with Crippen molar-refractivity contribution in [3.63, 3.8) is 0 Å². The number of para-hydroxylation sites is 1. The van der Waals surface area contributed by atoms with Crippen LogP contribution in [0.5, 0.6) is 5.75 Å². The van der Waals surface area contributed by atoms with Crippen molar-refractivity contribution in [3.05, 3.63) is 58.1 Å². The lowest BCUT2D eigenvalue weighted by Crippen LogP contribution is -2.19. The molecule has 10 nitrogen and oxygen atoms in total. The first-order valence-corrected chi connectivity index (χ1v) is 8.41. The molecule has 0 aliphatic carbocycles. The maximum absolute atomic E-state index is 12.7. The molecule has 3 aromatic heterocycles. The quantitative estimate of drug-likeness (QED) is 0.553. The molecule has 0 saturated heterocycles. The predicted octanol–water partition coefficient (Wildman–Crippen LogP) is 1.41. The highest BCUT2D eigenvalue weighted by Crippen LogP contribution is 2.21. The number of carbonyl (C=O) groups excluding carboxylic acids is 1. The van der Waals surface area contributed by atoms with Gasteiger partial charge in [-0.05, 0) is 19.1 Å². The van der Waals surface area contributed by atoms with Gasteiger partial charge in [0.2, 0.25) is 5.95 Å². The van der Waals surface area contributed by atoms with Crippen molar-refractivity contribution in [1.82, 2.24) is 29.5 Å². The number of amides is 1. The minimum Gasteiger partial charge on any atom is -0.496 e. The van der Waals surface area contributed by atoms with Gasteiger partial charge in [-0.2, -0.15) is 19.9 Å². The van der Waals surface area contributed by atoms with E-state index in [0.717, 1.165) is 0 Å². The van der Waals surface area contributed by atoms with E-state index in [0.29, 0.717) is 33.9 Å². The lowest BCUT2D eigenvalue weighted by Gasteiger charge is -2.10. The number of nitrogens with one attached hydrogen (secondary N) is 2. The van der Waals surface area contributed by atoms with Crippen molar-refractivity contribution in [1.29, 1.82) is 0 Å². The molecule has 0 spiro atoms. The molecule has 28 heavy (non-hydrogen) atoms. The molecule has 0 radical (unpaired) electrons. The van der Waals surface area contributed by atoms with E-state index < -0.39 is 0 Å². The summed E-state index contributed by atoms with van der Waals surface area (Å²) in [5, 5.41) is 11.6. The summed E-state index contributed by atoms with van der Waals surface area (Å²) in [5.74, 6) is 0.607. The van der Waals surface area contributed by atoms with E-state index in [2.05, 4.69) is 25.5 Å². The van der Waals surface area contributed by atoms with Crippen molar-refractivity contribution in [2.45, 2.75) is 6.92 Å². The number of aryl methyl sites for hydroxylation is 2. The van der Waals surface area contributed by atoms with Gasteiger partial charge < -0.3 is 10.1 Å². The van der Waals surface area contributed by atoms with Crippen LogP contribution >= 0.6 is 0 Å². The third-order valence-corrected chi connectivity index (χ3v) is 4.21. The Morgan fingerprint density at radius 1 is 1.29 bits per heavy atom. The van der Waals surface area contributed by atoms with Gasteiger partial charge in [-0.15, -0.1) is 0 Å². The Morgan fingerprint density at radius 2 is 2.07 bits per heavy atom. The first kappa shape index (κ1) is 17.5. The highest BCUT2D eigenvalue weighted by atomic mass is 16.5. The van der Waals surface area contributed by atoms with Crippen LogP contribution in [-0.2, 0) is 7.05 Å². The summed E-state index contributed by atoms with van der Waals surface area (Å²) in [7, 11) is 3.19. The molecule has 2 N–H and O–H groups in total. The SMILES string of the molecule is COc1ccccc1C(=O)Nc1cc(C)nn1-c1nc2c(cnn2C)c(=O)[nH]1. The van der Waals surface area contributed by atoms with Crippen molar-refractivity contribution in [3.8, 4) is 11.7 Å². The Hall–Kier alpha value is -3.95. The highest BCUT2D eigenvalue weighted by Gasteiger charge is 2.18. The topological polar surface area (TPSA) is 120 Å². The third kappa shape index (κ3) is 2.90. The number of hydrogen-bond acceptors (Lipinski definition) is 6. The molecule has 0 fully saturated rings. The number of aromatic amines is 1. The Bertz CT molecular complexity index is 1250. The van der Waals surface area contributed by atoms with Crippen molar-refractivity contribution < 1.29 is 9.53 Å². The number of rotatable bonds is 4. The zero-order valence-corrected chi connectivity index (χ0v) is 15.4. The first-order chi connectivity index (χ1) is 13.5. The van der Waals surface area contributed by atoms with Crippen LogP contribution < -0.4 is 15.6 Å². The molecule has 4 aromatic rings. The zero-order chi connectivity index (χ0) is 19.8. The molecule has 0 bridgehead atoms. The van der Waals surface area contributed by atoms with Crippen molar-refractivity contribution in [2.75, 3.05) is 12.4 Å². The summed E-state index contributed by atoms with van der Waals surface area (Å²) in [6, 6.07) is 8.56. The second-order valence-corrected chi connectivity index (χ2v) is 6.13. The van der Waals surface area contributed by atoms with Crippen molar-refractivity contribution >= 4 is 22.8 Å². The van der Waals surface area contributed by atoms with Gasteiger partial charge in [-0.3, -0.25) is 19.3 Å². The van der Waals surface area contributed by atoms with Crippen LogP contribution in [0.2, 0.25) is 0 Å². The summed E-state index contributed by atoms with van der Waals surface area (Å²) in [6.45, 7) is 1.77. The van der Waals surface area contributed by atoms with E-state index in [1.54, 1.807) is 44.3 Å². The number of hydrogen-bond donors (Lipinski definition) is 2. The number of carbonyl (C=O) groups is 1. The Balaban J connectivity index is 1.77. The average molecular weight is 379 g/mol. The second kappa shape index (κ2) is 6.65. The Kier molecular flexibility index (Phi) is 4.15. The number of benzene rings is 1. The number of anilines is 1. The Morgan fingerprint density at radius 3 is 2.86 bits per heavy atom. The van der Waals surface area contributed by atoms with Gasteiger partial charge in [0.15, 0.2) is 5.65 Å². The van der Waals surface area contributed by atoms with Gasteiger partial charge in [0, 0.05) is 13.1 Å². The fourth-order valence-corrected chi connectivity index (χ4v) is 2.89. The summed E-state index contributed by atoms with van der Waals surface area (Å²) >= 11 is 0. The molecule has 1 aromatic carbocycles. The van der Waals surface area contributed by atoms with Gasteiger partial charge in [-0.25, -0.2) is 0 Å². The number of nitrogens with zero attached hydrogens (tertiary/aromatic N) is 5. The van der Waals surface area contributed by atoms with Crippen LogP contribution in [0.25, 0.3) is 17.0 Å². The summed E-state index contributed by atoms with van der Waals surface area (Å²) in [4.78, 5) is 32.2. The van der Waals surface area contributed by atoms with Crippen LogP contribution in [0.1, 0.15) is 16.1 Å². The molecular weight excluding hydrogens is 362 g/mol. The number of fused-ring (bicyclic) bond motifs is 1. The molecule has 1 amide bonds. The van der Waals surface area contributed by atoms with E-state index in [1.807, 2.05) is 0 Å². The average Bonchev–Trinajstić information content (AvgIpc) is 3.24. The summed E-state index contributed by atoms with van der Waals surface area (Å²) in [5.41, 5.74) is 1.08. The normalized spacial score (nSPS) is 11.0. The summed E-state index contributed by atoms with van der Waals surface area (Å²) in [6.07, 6.45) is 1.45. The molecule has 0 aliphatic heterocycles. The molecule has 0 aliphatic rings. The number of H-pyrrole nitrogens is 1. The lowest BCUT2D eigenvalue weighted by molar-refractivity contribution is 0.102. The third-order valence-electron chi connectivity index (χ3n) is 4.21. The minimum absolute atomic E-state index is 0.171. The maximum atomic E-state index is 12.7. The van der Waals surface area contributed by atoms with Gasteiger partial charge in [0.1, 0.15) is 17.0 Å². The molecule has 0 saturated carbocycles. The van der Waals surface area contributed by atoms with Crippen LogP contribution in [0.3, 0.4) is 0 Å². The number of methoxy groups -OCH3 is 1. The number of ether oxygens (including phenoxy) is 1. The van der Waals surface area contributed by atoms with Gasteiger partial charge >= 0.3 is 0 Å². The molecule has 3 heterocycles. The van der Waals surface area contributed by atoms with E-state index >= 15 is 0 Å². The molecule has 142 valence electrons. The summed E-state index contributed by atoms with van der Waals surface area (Å²) < 4.78 is 8.11. The molecule has 10 heteroatoms. The maximum Gasteiger partial charge on any atom is 0.263 e. The van der Waals surface area contributed by atoms with Crippen LogP contribution in [0.15, 0.2) is 41.3 Å². The van der Waals surface area contributed by atoms with Gasteiger partial charge in [-0.1, -0.05) is 12.1 Å². The van der Waals surface area contributed by atoms with Gasteiger partial charge in [0.25, 0.3) is 11.5 Å². The van der Waals surface area contributed by atoms with E-state index in [1.165, 1.54) is 22.7 Å². The van der Waals surface area contributed by atoms with E-state index in [9.17, 15) is 9.59 Å². The molecule has 0 atom stereocenters. The number of aromatic nitrogens is 6. The lowest BCUT2D eigenvalue weighted by atomic mass is 10.2. The van der Waals surface area contributed by atoms with E-state index in [-0.39, 0.29) is 17.4 Å². The van der Waals surface area contributed by atoms with E-state index in [4.69, 9.17) is 4.74 Å². The Labute approximate surface area is 158 Å². The first-order valence-electron chi connectivity index (χ1n) is 8.41. The molecule has 0 unspecified atom stereocenters. The minimum atomic E-state index is -0.373. The standard InChI is InChI=1S/C18H17N7O3/c1-10-8-14(20-16(26)11-6-4-5-7-13(11)28-3)25(23-10)18-21-15-12(17(27)22-18)9-19-24(15)2/h4-9H,1-3H3,(H,20,26)(H,21,22,27). The second-order valence-electron chi connectivity index (χ2n) is 6.13. The van der Waals surface area contributed by atoms with Crippen LogP contribution in [0, 0.1) is 6.92 Å². The predicted molar refractivity (Wildman–Crippen MR) is 102 cm³/mol. The highest BCUT2D eigenvalue weighted by molar-refractivity contribution is 6.05. The van der Waals surface area contributed by atoms with Crippen molar-refractivity contribution in [2.24, 2.45) is 7.05 Å². The molecule has 4 rings (SSSR count). The van der Waals surface area contributed by atoms with Crippen LogP contribution in [0.4, 0.5) is 5.82 Å². The fourth-order valence-electron chi connectivity index (χ4n) is 2.89. The largest absolute Gasteiger partial charge is 0.496 e. The smallest absolute Gasteiger partial charge is 0.263 e. The monoisotopic (exact) mass is 379 g/mol. The molecular formula is C18H17N7O3. The van der Waals surface area contributed by atoms with Crippen LogP contribution in [-0.4, -0.2) is 42.5 Å².